The summed E-state index contributed by atoms with van der Waals surface area (Å²) in [6.45, 7) is 0.0673. The van der Waals surface area contributed by atoms with Crippen LogP contribution in [0, 0.1) is 23.0 Å². The molecule has 6 heteroatoms. The predicted octanol–water partition coefficient (Wildman–Crippen LogP) is 2.09. The Bertz CT molecular complexity index is 603. The van der Waals surface area contributed by atoms with Crippen LogP contribution in [-0.4, -0.2) is 16.9 Å². The van der Waals surface area contributed by atoms with Gasteiger partial charge in [-0.25, -0.2) is 8.78 Å². The molecule has 0 N–H and O–H groups in total. The van der Waals surface area contributed by atoms with Crippen molar-refractivity contribution in [3.63, 3.8) is 0 Å². The van der Waals surface area contributed by atoms with Crippen LogP contribution >= 0.6 is 0 Å². The van der Waals surface area contributed by atoms with Crippen LogP contribution in [0.3, 0.4) is 0 Å². The van der Waals surface area contributed by atoms with Crippen molar-refractivity contribution in [1.29, 1.82) is 5.26 Å². The number of nitriles is 1. The Hall–Kier alpha value is -2.42. The van der Waals surface area contributed by atoms with Crippen molar-refractivity contribution in [2.75, 3.05) is 7.11 Å². The van der Waals surface area contributed by atoms with Crippen LogP contribution < -0.4 is 4.74 Å². The van der Waals surface area contributed by atoms with Gasteiger partial charge in [0.2, 0.25) is 0 Å². The molecule has 0 radical (unpaired) electrons. The fourth-order valence-corrected chi connectivity index (χ4v) is 1.63. The standard InChI is InChI=1S/C12H9F2N3O/c1-18-12-9(6-15)10(13)5-8(11(12)14)7-17-4-2-3-16-17/h2-5H,7H2,1H3. The molecule has 1 aromatic carbocycles. The van der Waals surface area contributed by atoms with Crippen LogP contribution in [0.25, 0.3) is 0 Å². The van der Waals surface area contributed by atoms with Gasteiger partial charge in [-0.1, -0.05) is 0 Å². The highest BCUT2D eigenvalue weighted by molar-refractivity contribution is 5.47. The van der Waals surface area contributed by atoms with Crippen LogP contribution in [-0.2, 0) is 6.54 Å². The van der Waals surface area contributed by atoms with Crippen LogP contribution in [0.1, 0.15) is 11.1 Å². The van der Waals surface area contributed by atoms with Gasteiger partial charge in [-0.05, 0) is 12.1 Å². The Kier molecular flexibility index (Phi) is 3.24. The Balaban J connectivity index is 2.50. The van der Waals surface area contributed by atoms with Crippen LogP contribution in [0.2, 0.25) is 0 Å². The van der Waals surface area contributed by atoms with Gasteiger partial charge in [-0.2, -0.15) is 10.4 Å². The van der Waals surface area contributed by atoms with Crippen molar-refractivity contribution >= 4 is 0 Å². The average Bonchev–Trinajstić information content (AvgIpc) is 2.85. The minimum Gasteiger partial charge on any atom is -0.492 e. The zero-order valence-electron chi connectivity index (χ0n) is 9.52. The molecule has 0 spiro atoms. The topological polar surface area (TPSA) is 50.8 Å². The van der Waals surface area contributed by atoms with E-state index >= 15 is 0 Å². The lowest BCUT2D eigenvalue weighted by molar-refractivity contribution is 0.377. The largest absolute Gasteiger partial charge is 0.492 e. The molecule has 0 amide bonds. The molecular formula is C12H9F2N3O. The van der Waals surface area contributed by atoms with E-state index in [-0.39, 0.29) is 17.9 Å². The highest BCUT2D eigenvalue weighted by Crippen LogP contribution is 2.28. The number of halogens is 2. The van der Waals surface area contributed by atoms with E-state index in [1.807, 2.05) is 0 Å². The van der Waals surface area contributed by atoms with Gasteiger partial charge >= 0.3 is 0 Å². The maximum atomic E-state index is 14.0. The number of benzene rings is 1. The zero-order valence-corrected chi connectivity index (χ0v) is 9.52. The molecule has 0 atom stereocenters. The first kappa shape index (κ1) is 12.0. The van der Waals surface area contributed by atoms with E-state index in [2.05, 4.69) is 5.10 Å². The average molecular weight is 249 g/mol. The Morgan fingerprint density at radius 3 is 2.83 bits per heavy atom. The Morgan fingerprint density at radius 2 is 2.28 bits per heavy atom. The lowest BCUT2D eigenvalue weighted by atomic mass is 10.1. The molecule has 2 aromatic rings. The van der Waals surface area contributed by atoms with Gasteiger partial charge < -0.3 is 4.74 Å². The molecule has 0 unspecified atom stereocenters. The molecule has 0 saturated heterocycles. The molecule has 4 nitrogen and oxygen atoms in total. The van der Waals surface area contributed by atoms with Gasteiger partial charge in [0.15, 0.2) is 11.6 Å². The van der Waals surface area contributed by atoms with Gasteiger partial charge in [0.05, 0.1) is 13.7 Å². The van der Waals surface area contributed by atoms with Gasteiger partial charge in [-0.3, -0.25) is 4.68 Å². The molecule has 0 fully saturated rings. The van der Waals surface area contributed by atoms with Crippen LogP contribution in [0.15, 0.2) is 24.5 Å². The second kappa shape index (κ2) is 4.84. The summed E-state index contributed by atoms with van der Waals surface area (Å²) < 4.78 is 33.8. The van der Waals surface area contributed by atoms with E-state index in [1.165, 1.54) is 18.0 Å². The van der Waals surface area contributed by atoms with E-state index < -0.39 is 17.2 Å². The number of hydrogen-bond donors (Lipinski definition) is 0. The summed E-state index contributed by atoms with van der Waals surface area (Å²) in [5.41, 5.74) is -0.355. The summed E-state index contributed by atoms with van der Waals surface area (Å²) in [4.78, 5) is 0. The highest BCUT2D eigenvalue weighted by Gasteiger charge is 2.19. The van der Waals surface area contributed by atoms with Crippen molar-refractivity contribution < 1.29 is 13.5 Å². The molecule has 1 heterocycles. The van der Waals surface area contributed by atoms with Gasteiger partial charge in [0.1, 0.15) is 17.4 Å². The Labute approximate surface area is 102 Å². The predicted molar refractivity (Wildman–Crippen MR) is 59.0 cm³/mol. The van der Waals surface area contributed by atoms with E-state index in [9.17, 15) is 8.78 Å². The number of aromatic nitrogens is 2. The Morgan fingerprint density at radius 1 is 1.50 bits per heavy atom. The molecule has 0 bridgehead atoms. The maximum absolute atomic E-state index is 14.0. The van der Waals surface area contributed by atoms with E-state index in [0.29, 0.717) is 0 Å². The van der Waals surface area contributed by atoms with Crippen molar-refractivity contribution in [3.8, 4) is 11.8 Å². The summed E-state index contributed by atoms with van der Waals surface area (Å²) >= 11 is 0. The summed E-state index contributed by atoms with van der Waals surface area (Å²) in [5.74, 6) is -1.93. The molecule has 0 saturated carbocycles. The normalized spacial score (nSPS) is 10.1. The fourth-order valence-electron chi connectivity index (χ4n) is 1.63. The molecule has 0 aliphatic heterocycles. The van der Waals surface area contributed by atoms with Crippen molar-refractivity contribution in [1.82, 2.24) is 9.78 Å². The van der Waals surface area contributed by atoms with E-state index in [1.54, 1.807) is 18.3 Å². The molecule has 92 valence electrons. The van der Waals surface area contributed by atoms with Crippen molar-refractivity contribution in [3.05, 3.63) is 47.3 Å². The molecule has 0 aliphatic rings. The maximum Gasteiger partial charge on any atom is 0.175 e. The first-order valence-electron chi connectivity index (χ1n) is 5.09. The second-order valence-corrected chi connectivity index (χ2v) is 3.56. The van der Waals surface area contributed by atoms with E-state index in [4.69, 9.17) is 10.00 Å². The minimum atomic E-state index is -0.807. The minimum absolute atomic E-state index is 0.0673. The first-order valence-corrected chi connectivity index (χ1v) is 5.09. The second-order valence-electron chi connectivity index (χ2n) is 3.56. The van der Waals surface area contributed by atoms with Crippen LogP contribution in [0.5, 0.6) is 5.75 Å². The van der Waals surface area contributed by atoms with Crippen molar-refractivity contribution in [2.45, 2.75) is 6.54 Å². The molecule has 18 heavy (non-hydrogen) atoms. The van der Waals surface area contributed by atoms with Gasteiger partial charge in [-0.15, -0.1) is 0 Å². The van der Waals surface area contributed by atoms with E-state index in [0.717, 1.165) is 6.07 Å². The highest BCUT2D eigenvalue weighted by atomic mass is 19.1. The molecular weight excluding hydrogens is 240 g/mol. The van der Waals surface area contributed by atoms with Gasteiger partial charge in [0.25, 0.3) is 0 Å². The third-order valence-electron chi connectivity index (χ3n) is 2.46. The summed E-state index contributed by atoms with van der Waals surface area (Å²) in [7, 11) is 1.19. The fraction of sp³-hybridized carbons (Fsp3) is 0.167. The third kappa shape index (κ3) is 2.02. The van der Waals surface area contributed by atoms with Crippen LogP contribution in [0.4, 0.5) is 8.78 Å². The number of rotatable bonds is 3. The summed E-state index contributed by atoms with van der Waals surface area (Å²) in [5, 5.41) is 12.7. The SMILES string of the molecule is COc1c(F)c(Cn2cccn2)cc(F)c1C#N. The number of hydrogen-bond acceptors (Lipinski definition) is 3. The quantitative estimate of drug-likeness (QED) is 0.836. The lowest BCUT2D eigenvalue weighted by Gasteiger charge is -2.10. The number of ether oxygens (including phenoxy) is 1. The lowest BCUT2D eigenvalue weighted by Crippen LogP contribution is -2.06. The first-order chi connectivity index (χ1) is 8.67. The summed E-state index contributed by atoms with van der Waals surface area (Å²) in [6.07, 6.45) is 3.16. The molecule has 1 aromatic heterocycles. The van der Waals surface area contributed by atoms with Gasteiger partial charge in [0, 0.05) is 18.0 Å². The zero-order chi connectivity index (χ0) is 13.1. The third-order valence-corrected chi connectivity index (χ3v) is 2.46. The molecule has 0 aliphatic carbocycles. The monoisotopic (exact) mass is 249 g/mol. The smallest absolute Gasteiger partial charge is 0.175 e. The van der Waals surface area contributed by atoms with Crippen molar-refractivity contribution in [2.24, 2.45) is 0 Å². The number of nitrogens with zero attached hydrogens (tertiary/aromatic N) is 3. The summed E-state index contributed by atoms with van der Waals surface area (Å²) in [6, 6.07) is 4.24. The number of methoxy groups -OCH3 is 1. The molecule has 2 rings (SSSR count).